The largest absolute Gasteiger partial charge is 0.494 e. The molecule has 4 aromatic rings. The highest BCUT2D eigenvalue weighted by Crippen LogP contribution is 2.32. The molecule has 19 nitrogen and oxygen atoms in total. The standard InChI is InChI=1S/C40H52N10O9/c1-3-19-56-21-23-58-25-26-59-24-22-57-20-14-42-13-12-41-10-7-11-43-38(52)36-46-29-50(47-36)37-34-33(32(55-2)28-45-37)31(27-44-34)35(51)40(54)49-17-15-48(16-18-49)39(53)30-8-5-4-6-9-30/h1,4-6,8-9,27-29,41-42,44H,7,10-26H2,2H3,(H,43,52). The van der Waals surface area contributed by atoms with Crippen molar-refractivity contribution in [3.05, 3.63) is 66.0 Å². The van der Waals surface area contributed by atoms with E-state index in [0.717, 1.165) is 19.6 Å². The lowest BCUT2D eigenvalue weighted by Gasteiger charge is -2.34. The van der Waals surface area contributed by atoms with Crippen molar-refractivity contribution in [1.82, 2.24) is 50.5 Å². The smallest absolute Gasteiger partial charge is 0.295 e. The summed E-state index contributed by atoms with van der Waals surface area (Å²) in [6.45, 7) is 8.21. The van der Waals surface area contributed by atoms with E-state index in [2.05, 4.69) is 41.9 Å². The number of hydrogen-bond donors (Lipinski definition) is 4. The van der Waals surface area contributed by atoms with E-state index in [1.54, 1.807) is 29.2 Å². The highest BCUT2D eigenvalue weighted by Gasteiger charge is 2.31. The average Bonchev–Trinajstić information content (AvgIpc) is 3.95. The molecule has 3 amide bonds. The van der Waals surface area contributed by atoms with Gasteiger partial charge in [0.1, 0.15) is 18.7 Å². The molecule has 1 aliphatic rings. The summed E-state index contributed by atoms with van der Waals surface area (Å²) in [6, 6.07) is 8.93. The minimum absolute atomic E-state index is 0.0583. The van der Waals surface area contributed by atoms with Gasteiger partial charge in [-0.25, -0.2) is 9.97 Å². The number of H-pyrrole nitrogens is 1. The van der Waals surface area contributed by atoms with Crippen LogP contribution in [-0.4, -0.2) is 177 Å². The fourth-order valence-electron chi connectivity index (χ4n) is 6.07. The van der Waals surface area contributed by atoms with Crippen LogP contribution in [0.1, 0.15) is 37.8 Å². The number of fused-ring (bicyclic) bond motifs is 1. The number of piperazine rings is 1. The first-order valence-corrected chi connectivity index (χ1v) is 19.5. The maximum atomic E-state index is 13.6. The number of ether oxygens (including phenoxy) is 5. The Morgan fingerprint density at radius 2 is 1.47 bits per heavy atom. The van der Waals surface area contributed by atoms with Crippen LogP contribution >= 0.6 is 0 Å². The topological polar surface area (TPSA) is 216 Å². The quantitative estimate of drug-likeness (QED) is 0.0291. The van der Waals surface area contributed by atoms with Gasteiger partial charge in [0.25, 0.3) is 23.5 Å². The Morgan fingerprint density at radius 1 is 0.814 bits per heavy atom. The van der Waals surface area contributed by atoms with Crippen LogP contribution < -0.4 is 20.7 Å². The second-order valence-corrected chi connectivity index (χ2v) is 13.1. The van der Waals surface area contributed by atoms with Crippen LogP contribution in [0.2, 0.25) is 0 Å². The van der Waals surface area contributed by atoms with Gasteiger partial charge in [0.05, 0.1) is 76.0 Å². The van der Waals surface area contributed by atoms with Gasteiger partial charge in [-0.2, -0.15) is 4.68 Å². The van der Waals surface area contributed by atoms with Gasteiger partial charge in [-0.1, -0.05) is 24.1 Å². The van der Waals surface area contributed by atoms with Gasteiger partial charge in [0, 0.05) is 64.1 Å². The first-order valence-electron chi connectivity index (χ1n) is 19.5. The third kappa shape index (κ3) is 13.1. The summed E-state index contributed by atoms with van der Waals surface area (Å²) in [6.07, 6.45) is 9.99. The van der Waals surface area contributed by atoms with Crippen LogP contribution in [0.15, 0.2) is 49.1 Å². The van der Waals surface area contributed by atoms with E-state index >= 15 is 0 Å². The molecule has 1 saturated heterocycles. The number of rotatable bonds is 26. The first-order chi connectivity index (χ1) is 28.9. The van der Waals surface area contributed by atoms with Crippen molar-refractivity contribution in [2.24, 2.45) is 0 Å². The number of Topliss-reactive ketones (excluding diaryl/α,β-unsaturated/α-hetero) is 1. The number of methoxy groups -OCH3 is 1. The Morgan fingerprint density at radius 3 is 2.17 bits per heavy atom. The maximum absolute atomic E-state index is 13.6. The van der Waals surface area contributed by atoms with Crippen molar-refractivity contribution in [2.45, 2.75) is 6.42 Å². The molecule has 1 aliphatic heterocycles. The number of amides is 3. The Bertz CT molecular complexity index is 1990. The second-order valence-electron chi connectivity index (χ2n) is 13.1. The molecule has 0 bridgehead atoms. The van der Waals surface area contributed by atoms with Gasteiger partial charge in [0.2, 0.25) is 5.82 Å². The second kappa shape index (κ2) is 24.2. The summed E-state index contributed by atoms with van der Waals surface area (Å²) < 4.78 is 28.3. The molecule has 5 rings (SSSR count). The maximum Gasteiger partial charge on any atom is 0.295 e. The predicted octanol–water partition coefficient (Wildman–Crippen LogP) is 0.318. The molecule has 0 saturated carbocycles. The summed E-state index contributed by atoms with van der Waals surface area (Å²) in [7, 11) is 1.44. The van der Waals surface area contributed by atoms with Gasteiger partial charge >= 0.3 is 0 Å². The molecule has 0 unspecified atom stereocenters. The summed E-state index contributed by atoms with van der Waals surface area (Å²) in [5.41, 5.74) is 1.03. The number of nitrogens with one attached hydrogen (secondary N) is 4. The lowest BCUT2D eigenvalue weighted by Crippen LogP contribution is -2.52. The highest BCUT2D eigenvalue weighted by atomic mass is 16.6. The number of pyridine rings is 1. The molecule has 316 valence electrons. The molecule has 1 fully saturated rings. The lowest BCUT2D eigenvalue weighted by atomic mass is 10.1. The van der Waals surface area contributed by atoms with Gasteiger partial charge in [-0.3, -0.25) is 19.2 Å². The number of nitrogens with zero attached hydrogens (tertiary/aromatic N) is 6. The van der Waals surface area contributed by atoms with E-state index in [4.69, 9.17) is 30.1 Å². The number of hydrogen-bond acceptors (Lipinski definition) is 14. The Labute approximate surface area is 342 Å². The normalized spacial score (nSPS) is 12.7. The Balaban J connectivity index is 0.980. The van der Waals surface area contributed by atoms with E-state index in [9.17, 15) is 19.2 Å². The number of ketones is 1. The monoisotopic (exact) mass is 816 g/mol. The molecule has 0 spiro atoms. The van der Waals surface area contributed by atoms with Crippen LogP contribution in [0.25, 0.3) is 16.7 Å². The molecule has 4 N–H and O–H groups in total. The van der Waals surface area contributed by atoms with Crippen molar-refractivity contribution in [1.29, 1.82) is 0 Å². The van der Waals surface area contributed by atoms with Crippen LogP contribution in [0.4, 0.5) is 0 Å². The van der Waals surface area contributed by atoms with E-state index < -0.39 is 17.6 Å². The Hall–Kier alpha value is -5.75. The summed E-state index contributed by atoms with van der Waals surface area (Å²) >= 11 is 0. The summed E-state index contributed by atoms with van der Waals surface area (Å²) in [5.74, 6) is 0.862. The van der Waals surface area contributed by atoms with E-state index in [1.807, 2.05) is 6.07 Å². The van der Waals surface area contributed by atoms with Crippen molar-refractivity contribution in [2.75, 3.05) is 119 Å². The first kappa shape index (κ1) is 44.4. The molecule has 19 heteroatoms. The SMILES string of the molecule is C#CCOCCOCCOCCOCCNCCNCCCNC(=O)c1ncn(-c2ncc(OC)c3c(C(=O)C(=O)N4CCN(C(=O)c5ccccc5)CC4)c[nH]c23)n1. The highest BCUT2D eigenvalue weighted by molar-refractivity contribution is 6.45. The molecular weight excluding hydrogens is 765 g/mol. The molecule has 0 radical (unpaired) electrons. The van der Waals surface area contributed by atoms with Gasteiger partial charge in [0.15, 0.2) is 5.82 Å². The molecule has 0 atom stereocenters. The van der Waals surface area contributed by atoms with Crippen molar-refractivity contribution >= 4 is 34.4 Å². The van der Waals surface area contributed by atoms with Crippen molar-refractivity contribution in [3.8, 4) is 23.9 Å². The van der Waals surface area contributed by atoms with Crippen LogP contribution in [0.3, 0.4) is 0 Å². The minimum atomic E-state index is -0.736. The molecule has 1 aromatic carbocycles. The zero-order chi connectivity index (χ0) is 41.7. The predicted molar refractivity (Wildman–Crippen MR) is 216 cm³/mol. The van der Waals surface area contributed by atoms with Gasteiger partial charge < -0.3 is 54.4 Å². The average molecular weight is 817 g/mol. The number of terminal acetylenes is 1. The van der Waals surface area contributed by atoms with Crippen LogP contribution in [0, 0.1) is 12.3 Å². The lowest BCUT2D eigenvalue weighted by molar-refractivity contribution is -0.127. The molecular formula is C40H52N10O9. The van der Waals surface area contributed by atoms with Gasteiger partial charge in [-0.05, 0) is 25.1 Å². The third-order valence-electron chi connectivity index (χ3n) is 9.12. The number of aromatic amines is 1. The number of aromatic nitrogens is 5. The van der Waals surface area contributed by atoms with E-state index in [-0.39, 0.29) is 48.6 Å². The van der Waals surface area contributed by atoms with Crippen molar-refractivity contribution < 1.29 is 42.9 Å². The Kier molecular flexibility index (Phi) is 18.2. The number of carbonyl (C=O) groups excluding carboxylic acids is 4. The zero-order valence-electron chi connectivity index (χ0n) is 33.3. The van der Waals surface area contributed by atoms with Crippen LogP contribution in [-0.2, 0) is 23.7 Å². The van der Waals surface area contributed by atoms with E-state index in [1.165, 1.54) is 35.4 Å². The fraction of sp³-hybridized carbons (Fsp3) is 0.475. The molecule has 4 heterocycles. The van der Waals surface area contributed by atoms with Crippen molar-refractivity contribution in [3.63, 3.8) is 0 Å². The minimum Gasteiger partial charge on any atom is -0.494 e. The number of benzene rings is 1. The van der Waals surface area contributed by atoms with Crippen LogP contribution in [0.5, 0.6) is 5.75 Å². The molecule has 59 heavy (non-hydrogen) atoms. The van der Waals surface area contributed by atoms with E-state index in [0.29, 0.717) is 95.3 Å². The number of carbonyl (C=O) groups is 4. The molecule has 3 aromatic heterocycles. The fourth-order valence-corrected chi connectivity index (χ4v) is 6.07. The third-order valence-corrected chi connectivity index (χ3v) is 9.12. The zero-order valence-corrected chi connectivity index (χ0v) is 33.3. The molecule has 0 aliphatic carbocycles. The van der Waals surface area contributed by atoms with Gasteiger partial charge in [-0.15, -0.1) is 11.5 Å². The summed E-state index contributed by atoms with van der Waals surface area (Å²) in [4.78, 5) is 67.4. The summed E-state index contributed by atoms with van der Waals surface area (Å²) in [5, 5.41) is 14.1.